The molecule has 0 radical (unpaired) electrons. The van der Waals surface area contributed by atoms with Gasteiger partial charge >= 0.3 is 5.97 Å². The van der Waals surface area contributed by atoms with Crippen molar-refractivity contribution in [2.45, 2.75) is 32.6 Å². The molecule has 1 aromatic rings. The molecule has 1 aromatic heterocycles. The lowest BCUT2D eigenvalue weighted by molar-refractivity contribution is 0.0526. The van der Waals surface area contributed by atoms with Crippen LogP contribution in [0.5, 0.6) is 0 Å². The number of anilines is 1. The Morgan fingerprint density at radius 1 is 1.35 bits per heavy atom. The predicted octanol–water partition coefficient (Wildman–Crippen LogP) is 3.11. The number of ether oxygens (including phenoxy) is 1. The summed E-state index contributed by atoms with van der Waals surface area (Å²) < 4.78 is 4.95. The maximum Gasteiger partial charge on any atom is 0.339 e. The number of nitrogens with zero attached hydrogens (tertiary/aromatic N) is 1. The van der Waals surface area contributed by atoms with Crippen LogP contribution >= 0.6 is 0 Å². The Bertz CT molecular complexity index is 452. The number of carbonyl (C=O) groups is 1. The van der Waals surface area contributed by atoms with Gasteiger partial charge in [0, 0.05) is 12.7 Å². The number of hydrogen-bond donors (Lipinski definition) is 1. The summed E-state index contributed by atoms with van der Waals surface area (Å²) in [4.78, 5) is 15.8. The molecule has 2 fully saturated rings. The van der Waals surface area contributed by atoms with Crippen molar-refractivity contribution in [3.63, 3.8) is 0 Å². The maximum absolute atomic E-state index is 11.5. The molecular weight excluding hydrogens is 252 g/mol. The summed E-state index contributed by atoms with van der Waals surface area (Å²) in [7, 11) is 0. The van der Waals surface area contributed by atoms with E-state index < -0.39 is 0 Å². The number of carbonyl (C=O) groups excluding carboxylic acids is 1. The van der Waals surface area contributed by atoms with Gasteiger partial charge < -0.3 is 10.1 Å². The van der Waals surface area contributed by atoms with Crippen LogP contribution < -0.4 is 5.32 Å². The number of pyridine rings is 1. The molecule has 4 heteroatoms. The Labute approximate surface area is 119 Å². The first-order valence-corrected chi connectivity index (χ1v) is 7.65. The van der Waals surface area contributed by atoms with Crippen molar-refractivity contribution in [1.29, 1.82) is 0 Å². The molecule has 0 unspecified atom stereocenters. The van der Waals surface area contributed by atoms with Gasteiger partial charge in [-0.05, 0) is 62.5 Å². The molecule has 0 spiro atoms. The highest BCUT2D eigenvalue weighted by Gasteiger charge is 2.40. The third-order valence-corrected chi connectivity index (χ3v) is 4.25. The van der Waals surface area contributed by atoms with Crippen molar-refractivity contribution in [3.05, 3.63) is 23.9 Å². The quantitative estimate of drug-likeness (QED) is 0.776. The van der Waals surface area contributed by atoms with Crippen LogP contribution in [0.25, 0.3) is 0 Å². The third-order valence-electron chi connectivity index (χ3n) is 4.25. The summed E-state index contributed by atoms with van der Waals surface area (Å²) in [5, 5.41) is 3.42. The highest BCUT2D eigenvalue weighted by Crippen LogP contribution is 2.49. The standard InChI is InChI=1S/C16H22N2O2/c1-2-20-16(19)13-7-8-15(17-9-13)18-10-14(11-3-4-11)12-5-6-12/h7-9,11-12,14H,2-6,10H2,1H3,(H,17,18). The summed E-state index contributed by atoms with van der Waals surface area (Å²) >= 11 is 0. The van der Waals surface area contributed by atoms with Crippen LogP contribution in [0.1, 0.15) is 43.0 Å². The van der Waals surface area contributed by atoms with Gasteiger partial charge in [-0.2, -0.15) is 0 Å². The fourth-order valence-corrected chi connectivity index (χ4v) is 2.82. The molecule has 1 N–H and O–H groups in total. The fraction of sp³-hybridized carbons (Fsp3) is 0.625. The Morgan fingerprint density at radius 3 is 2.55 bits per heavy atom. The van der Waals surface area contributed by atoms with E-state index in [1.807, 2.05) is 6.07 Å². The van der Waals surface area contributed by atoms with Crippen molar-refractivity contribution in [3.8, 4) is 0 Å². The van der Waals surface area contributed by atoms with Crippen LogP contribution in [0.15, 0.2) is 18.3 Å². The highest BCUT2D eigenvalue weighted by atomic mass is 16.5. The lowest BCUT2D eigenvalue weighted by Crippen LogP contribution is -2.18. The number of rotatable bonds is 7. The number of hydrogen-bond acceptors (Lipinski definition) is 4. The lowest BCUT2D eigenvalue weighted by Gasteiger charge is -2.16. The summed E-state index contributed by atoms with van der Waals surface area (Å²) in [6.07, 6.45) is 7.19. The Morgan fingerprint density at radius 2 is 2.05 bits per heavy atom. The number of aromatic nitrogens is 1. The minimum Gasteiger partial charge on any atom is -0.462 e. The number of esters is 1. The minimum absolute atomic E-state index is 0.305. The minimum atomic E-state index is -0.305. The Hall–Kier alpha value is -1.58. The van der Waals surface area contributed by atoms with Crippen molar-refractivity contribution >= 4 is 11.8 Å². The molecule has 1 heterocycles. The van der Waals surface area contributed by atoms with Gasteiger partial charge in [-0.1, -0.05) is 0 Å². The van der Waals surface area contributed by atoms with E-state index in [0.29, 0.717) is 12.2 Å². The molecule has 2 aliphatic rings. The maximum atomic E-state index is 11.5. The summed E-state index contributed by atoms with van der Waals surface area (Å²) in [5.41, 5.74) is 0.512. The molecular formula is C16H22N2O2. The molecule has 0 atom stereocenters. The molecule has 108 valence electrons. The third kappa shape index (κ3) is 3.30. The van der Waals surface area contributed by atoms with Gasteiger partial charge in [0.15, 0.2) is 0 Å². The van der Waals surface area contributed by atoms with E-state index in [2.05, 4.69) is 10.3 Å². The van der Waals surface area contributed by atoms with Gasteiger partial charge in [0.25, 0.3) is 0 Å². The van der Waals surface area contributed by atoms with Crippen LogP contribution in [0, 0.1) is 17.8 Å². The molecule has 0 aromatic carbocycles. The SMILES string of the molecule is CCOC(=O)c1ccc(NCC(C2CC2)C2CC2)nc1. The molecule has 0 bridgehead atoms. The molecule has 0 amide bonds. The second-order valence-corrected chi connectivity index (χ2v) is 5.87. The zero-order valence-electron chi connectivity index (χ0n) is 12.0. The van der Waals surface area contributed by atoms with Crippen LogP contribution in [0.3, 0.4) is 0 Å². The van der Waals surface area contributed by atoms with E-state index >= 15 is 0 Å². The second-order valence-electron chi connectivity index (χ2n) is 5.87. The molecule has 0 aliphatic heterocycles. The summed E-state index contributed by atoms with van der Waals surface area (Å²) in [6, 6.07) is 3.64. The van der Waals surface area contributed by atoms with Crippen LogP contribution in [0.4, 0.5) is 5.82 Å². The van der Waals surface area contributed by atoms with Gasteiger partial charge in [-0.15, -0.1) is 0 Å². The molecule has 3 rings (SSSR count). The first-order chi connectivity index (χ1) is 9.78. The molecule has 20 heavy (non-hydrogen) atoms. The Balaban J connectivity index is 1.53. The average molecular weight is 274 g/mol. The van der Waals surface area contributed by atoms with Crippen molar-refractivity contribution < 1.29 is 9.53 Å². The second kappa shape index (κ2) is 5.81. The summed E-state index contributed by atoms with van der Waals surface area (Å²) in [5.74, 6) is 3.24. The van der Waals surface area contributed by atoms with Crippen LogP contribution in [-0.2, 0) is 4.74 Å². The van der Waals surface area contributed by atoms with Crippen molar-refractivity contribution in [2.24, 2.45) is 17.8 Å². The monoisotopic (exact) mass is 274 g/mol. The van der Waals surface area contributed by atoms with Gasteiger partial charge in [-0.25, -0.2) is 9.78 Å². The summed E-state index contributed by atoms with van der Waals surface area (Å²) in [6.45, 7) is 3.21. The van der Waals surface area contributed by atoms with Crippen LogP contribution in [0.2, 0.25) is 0 Å². The van der Waals surface area contributed by atoms with E-state index in [4.69, 9.17) is 4.74 Å². The van der Waals surface area contributed by atoms with Crippen molar-refractivity contribution in [1.82, 2.24) is 4.98 Å². The lowest BCUT2D eigenvalue weighted by atomic mass is 9.98. The largest absolute Gasteiger partial charge is 0.462 e. The van der Waals surface area contributed by atoms with E-state index in [1.54, 1.807) is 19.2 Å². The van der Waals surface area contributed by atoms with E-state index in [9.17, 15) is 4.79 Å². The molecule has 2 aliphatic carbocycles. The number of nitrogens with one attached hydrogen (secondary N) is 1. The van der Waals surface area contributed by atoms with Gasteiger partial charge in [-0.3, -0.25) is 0 Å². The first kappa shape index (κ1) is 13.4. The Kier molecular flexibility index (Phi) is 3.90. The van der Waals surface area contributed by atoms with E-state index in [1.165, 1.54) is 25.7 Å². The molecule has 2 saturated carbocycles. The van der Waals surface area contributed by atoms with Gasteiger partial charge in [0.2, 0.25) is 0 Å². The zero-order valence-corrected chi connectivity index (χ0v) is 12.0. The van der Waals surface area contributed by atoms with E-state index in [-0.39, 0.29) is 5.97 Å². The first-order valence-electron chi connectivity index (χ1n) is 7.65. The van der Waals surface area contributed by atoms with Gasteiger partial charge in [0.05, 0.1) is 12.2 Å². The van der Waals surface area contributed by atoms with E-state index in [0.717, 1.165) is 30.1 Å². The fourth-order valence-electron chi connectivity index (χ4n) is 2.82. The highest BCUT2D eigenvalue weighted by molar-refractivity contribution is 5.89. The van der Waals surface area contributed by atoms with Crippen LogP contribution in [-0.4, -0.2) is 24.1 Å². The topological polar surface area (TPSA) is 51.2 Å². The van der Waals surface area contributed by atoms with Gasteiger partial charge in [0.1, 0.15) is 5.82 Å². The predicted molar refractivity (Wildman–Crippen MR) is 77.6 cm³/mol. The van der Waals surface area contributed by atoms with Crippen molar-refractivity contribution in [2.75, 3.05) is 18.5 Å². The zero-order chi connectivity index (χ0) is 13.9. The molecule has 0 saturated heterocycles. The smallest absolute Gasteiger partial charge is 0.339 e. The molecule has 4 nitrogen and oxygen atoms in total. The average Bonchev–Trinajstić information content (AvgIpc) is 3.34. The normalized spacial score (nSPS) is 18.1.